The van der Waals surface area contributed by atoms with Crippen molar-refractivity contribution in [3.05, 3.63) is 23.8 Å². The Morgan fingerprint density at radius 1 is 1.32 bits per heavy atom. The number of esters is 1. The lowest BCUT2D eigenvalue weighted by atomic mass is 9.82. The third-order valence-corrected chi connectivity index (χ3v) is 4.42. The Balaban J connectivity index is 2.29. The monoisotopic (exact) mass is 304 g/mol. The van der Waals surface area contributed by atoms with E-state index in [1.54, 1.807) is 7.05 Å². The van der Waals surface area contributed by atoms with Crippen molar-refractivity contribution in [1.82, 2.24) is 5.32 Å². The Kier molecular flexibility index (Phi) is 5.06. The summed E-state index contributed by atoms with van der Waals surface area (Å²) in [4.78, 5) is 26.0. The molecule has 2 atom stereocenters. The molecule has 5 nitrogen and oxygen atoms in total. The molecule has 0 saturated carbocycles. The standard InChI is InChI=1S/C17H24N2O3/c1-5-19(6-2)12-7-8-13-11(3)14(10-16(20)18-4)17(21)22-15(13)9-12/h7-9,11,14H,5-6,10H2,1-4H3,(H,18,20). The number of benzene rings is 1. The number of carbonyl (C=O) groups excluding carboxylic acids is 2. The molecule has 1 aliphatic heterocycles. The van der Waals surface area contributed by atoms with Crippen LogP contribution in [0.2, 0.25) is 0 Å². The van der Waals surface area contributed by atoms with Crippen molar-refractivity contribution in [2.45, 2.75) is 33.1 Å². The van der Waals surface area contributed by atoms with Crippen LogP contribution in [0.4, 0.5) is 5.69 Å². The number of fused-ring (bicyclic) bond motifs is 1. The zero-order chi connectivity index (χ0) is 16.3. The molecule has 2 unspecified atom stereocenters. The van der Waals surface area contributed by atoms with Gasteiger partial charge in [-0.3, -0.25) is 9.59 Å². The highest BCUT2D eigenvalue weighted by Gasteiger charge is 2.36. The first-order valence-electron chi connectivity index (χ1n) is 7.82. The molecule has 1 N–H and O–H groups in total. The molecule has 0 spiro atoms. The highest BCUT2D eigenvalue weighted by atomic mass is 16.5. The van der Waals surface area contributed by atoms with E-state index >= 15 is 0 Å². The van der Waals surface area contributed by atoms with Gasteiger partial charge in [0, 0.05) is 38.3 Å². The molecule has 1 heterocycles. The minimum Gasteiger partial charge on any atom is -0.426 e. The van der Waals surface area contributed by atoms with Gasteiger partial charge in [-0.1, -0.05) is 13.0 Å². The molecule has 0 saturated heterocycles. The summed E-state index contributed by atoms with van der Waals surface area (Å²) in [6.45, 7) is 7.97. The van der Waals surface area contributed by atoms with E-state index in [1.165, 1.54) is 0 Å². The van der Waals surface area contributed by atoms with Gasteiger partial charge in [0.05, 0.1) is 5.92 Å². The zero-order valence-corrected chi connectivity index (χ0v) is 13.7. The minimum atomic E-state index is -0.424. The lowest BCUT2D eigenvalue weighted by Gasteiger charge is -2.30. The van der Waals surface area contributed by atoms with Crippen LogP contribution in [-0.2, 0) is 9.59 Å². The molecule has 0 radical (unpaired) electrons. The van der Waals surface area contributed by atoms with Crippen molar-refractivity contribution in [2.75, 3.05) is 25.0 Å². The molecule has 1 aliphatic rings. The SMILES string of the molecule is CCN(CC)c1ccc2c(c1)OC(=O)C(CC(=O)NC)C2C. The first-order valence-corrected chi connectivity index (χ1v) is 7.82. The van der Waals surface area contributed by atoms with Gasteiger partial charge in [0.1, 0.15) is 5.75 Å². The molecule has 22 heavy (non-hydrogen) atoms. The number of hydrogen-bond donors (Lipinski definition) is 1. The van der Waals surface area contributed by atoms with Crippen LogP contribution in [0.5, 0.6) is 5.75 Å². The Hall–Kier alpha value is -2.04. The van der Waals surface area contributed by atoms with Gasteiger partial charge in [-0.15, -0.1) is 0 Å². The van der Waals surface area contributed by atoms with Gasteiger partial charge < -0.3 is 15.0 Å². The Labute approximate surface area is 131 Å². The van der Waals surface area contributed by atoms with E-state index < -0.39 is 5.92 Å². The van der Waals surface area contributed by atoms with Gasteiger partial charge in [0.2, 0.25) is 5.91 Å². The van der Waals surface area contributed by atoms with Gasteiger partial charge in [-0.05, 0) is 31.4 Å². The van der Waals surface area contributed by atoms with E-state index in [-0.39, 0.29) is 24.2 Å². The molecule has 1 amide bonds. The van der Waals surface area contributed by atoms with Crippen molar-refractivity contribution in [3.8, 4) is 5.75 Å². The predicted molar refractivity (Wildman–Crippen MR) is 86.2 cm³/mol. The van der Waals surface area contributed by atoms with Crippen molar-refractivity contribution in [3.63, 3.8) is 0 Å². The maximum atomic E-state index is 12.2. The van der Waals surface area contributed by atoms with Crippen LogP contribution in [-0.4, -0.2) is 32.0 Å². The summed E-state index contributed by atoms with van der Waals surface area (Å²) >= 11 is 0. The molecule has 0 aliphatic carbocycles. The van der Waals surface area contributed by atoms with Gasteiger partial charge in [-0.25, -0.2) is 0 Å². The van der Waals surface area contributed by atoms with Crippen molar-refractivity contribution in [1.29, 1.82) is 0 Å². The van der Waals surface area contributed by atoms with Crippen LogP contribution in [0.15, 0.2) is 18.2 Å². The number of hydrogen-bond acceptors (Lipinski definition) is 4. The van der Waals surface area contributed by atoms with Crippen LogP contribution in [0.1, 0.15) is 38.7 Å². The average Bonchev–Trinajstić information content (AvgIpc) is 2.52. The Morgan fingerprint density at radius 3 is 2.59 bits per heavy atom. The van der Waals surface area contributed by atoms with Crippen molar-refractivity contribution in [2.24, 2.45) is 5.92 Å². The van der Waals surface area contributed by atoms with Gasteiger partial charge in [-0.2, -0.15) is 0 Å². The van der Waals surface area contributed by atoms with Crippen LogP contribution >= 0.6 is 0 Å². The van der Waals surface area contributed by atoms with Gasteiger partial charge in [0.15, 0.2) is 0 Å². The summed E-state index contributed by atoms with van der Waals surface area (Å²) in [7, 11) is 1.57. The van der Waals surface area contributed by atoms with E-state index in [1.807, 2.05) is 19.1 Å². The van der Waals surface area contributed by atoms with Gasteiger partial charge in [0.25, 0.3) is 0 Å². The number of ether oxygens (including phenoxy) is 1. The summed E-state index contributed by atoms with van der Waals surface area (Å²) in [5.41, 5.74) is 2.04. The summed E-state index contributed by atoms with van der Waals surface area (Å²) in [6, 6.07) is 5.99. The summed E-state index contributed by atoms with van der Waals surface area (Å²) in [5, 5.41) is 2.56. The number of anilines is 1. The van der Waals surface area contributed by atoms with Crippen LogP contribution < -0.4 is 15.0 Å². The van der Waals surface area contributed by atoms with Gasteiger partial charge >= 0.3 is 5.97 Å². The zero-order valence-electron chi connectivity index (χ0n) is 13.7. The van der Waals surface area contributed by atoms with E-state index in [0.717, 1.165) is 24.3 Å². The third kappa shape index (κ3) is 3.08. The fraction of sp³-hybridized carbons (Fsp3) is 0.529. The fourth-order valence-corrected chi connectivity index (χ4v) is 2.94. The molecule has 0 fully saturated rings. The molecule has 1 aromatic carbocycles. The summed E-state index contributed by atoms with van der Waals surface area (Å²) in [5.74, 6) is -0.293. The Bertz CT molecular complexity index is 567. The normalized spacial score (nSPS) is 20.1. The van der Waals surface area contributed by atoms with Crippen LogP contribution in [0.25, 0.3) is 0 Å². The molecule has 2 rings (SSSR count). The maximum Gasteiger partial charge on any atom is 0.315 e. The van der Waals surface area contributed by atoms with E-state index in [0.29, 0.717) is 5.75 Å². The second kappa shape index (κ2) is 6.81. The second-order valence-electron chi connectivity index (χ2n) is 5.59. The number of rotatable bonds is 5. The van der Waals surface area contributed by atoms with Crippen molar-refractivity contribution < 1.29 is 14.3 Å². The average molecular weight is 304 g/mol. The molecule has 5 heteroatoms. The van der Waals surface area contributed by atoms with Crippen LogP contribution in [0, 0.1) is 5.92 Å². The molecule has 0 bridgehead atoms. The smallest absolute Gasteiger partial charge is 0.315 e. The summed E-state index contributed by atoms with van der Waals surface area (Å²) in [6.07, 6.45) is 0.160. The number of nitrogens with one attached hydrogen (secondary N) is 1. The third-order valence-electron chi connectivity index (χ3n) is 4.42. The molecule has 0 aromatic heterocycles. The van der Waals surface area contributed by atoms with Crippen molar-refractivity contribution >= 4 is 17.6 Å². The highest BCUT2D eigenvalue weighted by molar-refractivity contribution is 5.86. The maximum absolute atomic E-state index is 12.2. The van der Waals surface area contributed by atoms with Crippen LogP contribution in [0.3, 0.4) is 0 Å². The number of amides is 1. The predicted octanol–water partition coefficient (Wildman–Crippen LogP) is 2.31. The highest BCUT2D eigenvalue weighted by Crippen LogP contribution is 2.40. The largest absolute Gasteiger partial charge is 0.426 e. The second-order valence-corrected chi connectivity index (χ2v) is 5.59. The first-order chi connectivity index (χ1) is 10.5. The summed E-state index contributed by atoms with van der Waals surface area (Å²) < 4.78 is 5.49. The fourth-order valence-electron chi connectivity index (χ4n) is 2.94. The van der Waals surface area contributed by atoms with E-state index in [9.17, 15) is 9.59 Å². The molecule has 1 aromatic rings. The molecular weight excluding hydrogens is 280 g/mol. The number of carbonyl (C=O) groups is 2. The Morgan fingerprint density at radius 2 is 2.00 bits per heavy atom. The van der Waals surface area contributed by atoms with E-state index in [2.05, 4.69) is 30.1 Å². The molecule has 120 valence electrons. The lowest BCUT2D eigenvalue weighted by molar-refractivity contribution is -0.143. The first kappa shape index (κ1) is 16.3. The lowest BCUT2D eigenvalue weighted by Crippen LogP contribution is -2.34. The minimum absolute atomic E-state index is 0.0284. The topological polar surface area (TPSA) is 58.6 Å². The number of nitrogens with zero attached hydrogens (tertiary/aromatic N) is 1. The van der Waals surface area contributed by atoms with E-state index in [4.69, 9.17) is 4.74 Å². The molecular formula is C17H24N2O3. The quantitative estimate of drug-likeness (QED) is 0.670.